The van der Waals surface area contributed by atoms with Crippen molar-refractivity contribution in [2.45, 2.75) is 13.0 Å². The summed E-state index contributed by atoms with van der Waals surface area (Å²) in [4.78, 5) is 2.02. The molecule has 0 heterocycles. The molecule has 1 aromatic rings. The smallest absolute Gasteiger partial charge is 0.0686 e. The fraction of sp³-hybridized carbons (Fsp3) is 0.400. The van der Waals surface area contributed by atoms with Crippen molar-refractivity contribution in [3.8, 4) is 0 Å². The van der Waals surface area contributed by atoms with Gasteiger partial charge in [-0.3, -0.25) is 0 Å². The van der Waals surface area contributed by atoms with Crippen molar-refractivity contribution in [2.24, 2.45) is 0 Å². The van der Waals surface area contributed by atoms with E-state index in [2.05, 4.69) is 15.9 Å². The van der Waals surface area contributed by atoms with Gasteiger partial charge in [-0.25, -0.2) is 0 Å². The number of hydrogen-bond donors (Lipinski definition) is 1. The molecule has 0 fully saturated rings. The van der Waals surface area contributed by atoms with E-state index in [0.717, 1.165) is 10.2 Å². The maximum Gasteiger partial charge on any atom is 0.0686 e. The molecule has 13 heavy (non-hydrogen) atoms. The van der Waals surface area contributed by atoms with Crippen LogP contribution >= 0.6 is 15.9 Å². The number of halogens is 1. The Morgan fingerprint density at radius 1 is 1.38 bits per heavy atom. The summed E-state index contributed by atoms with van der Waals surface area (Å²) in [5.41, 5.74) is 1.11. The molecule has 0 saturated carbocycles. The molecule has 1 atom stereocenters. The lowest BCUT2D eigenvalue weighted by Crippen LogP contribution is -2.26. The summed E-state index contributed by atoms with van der Waals surface area (Å²) in [5, 5.41) is 9.19. The van der Waals surface area contributed by atoms with Crippen LogP contribution in [0.3, 0.4) is 0 Å². The fourth-order valence-electron chi connectivity index (χ4n) is 1.20. The number of rotatable bonds is 3. The number of nitrogens with zero attached hydrogens (tertiary/aromatic N) is 1. The highest BCUT2D eigenvalue weighted by molar-refractivity contribution is 9.10. The van der Waals surface area contributed by atoms with Crippen LogP contribution in [0.4, 0.5) is 5.69 Å². The quantitative estimate of drug-likeness (QED) is 0.881. The summed E-state index contributed by atoms with van der Waals surface area (Å²) >= 11 is 3.38. The average Bonchev–Trinajstić information content (AvgIpc) is 2.04. The monoisotopic (exact) mass is 243 g/mol. The first-order valence-corrected chi connectivity index (χ1v) is 5.03. The lowest BCUT2D eigenvalue weighted by Gasteiger charge is -2.20. The van der Waals surface area contributed by atoms with Crippen LogP contribution in [0.5, 0.6) is 0 Å². The zero-order valence-corrected chi connectivity index (χ0v) is 9.45. The Morgan fingerprint density at radius 3 is 2.38 bits per heavy atom. The van der Waals surface area contributed by atoms with Gasteiger partial charge in [-0.05, 0) is 31.2 Å². The molecule has 0 aliphatic carbocycles. The first-order valence-electron chi connectivity index (χ1n) is 4.24. The second-order valence-electron chi connectivity index (χ2n) is 3.21. The lowest BCUT2D eigenvalue weighted by atomic mass is 10.3. The van der Waals surface area contributed by atoms with Crippen LogP contribution in [0.15, 0.2) is 28.7 Å². The van der Waals surface area contributed by atoms with Gasteiger partial charge in [0.15, 0.2) is 0 Å². The summed E-state index contributed by atoms with van der Waals surface area (Å²) in [6, 6.07) is 8.03. The molecule has 0 saturated heterocycles. The molecule has 1 rings (SSSR count). The predicted octanol–water partition coefficient (Wildman–Crippen LogP) is 2.27. The third-order valence-corrected chi connectivity index (χ3v) is 2.33. The van der Waals surface area contributed by atoms with Crippen LogP contribution in [0, 0.1) is 0 Å². The van der Waals surface area contributed by atoms with Crippen molar-refractivity contribution in [1.29, 1.82) is 0 Å². The SMILES string of the molecule is CC(O)CN(C)c1ccc(Br)cc1. The maximum absolute atomic E-state index is 9.19. The number of aliphatic hydroxyl groups is 1. The van der Waals surface area contributed by atoms with Crippen LogP contribution in [-0.4, -0.2) is 24.8 Å². The summed E-state index contributed by atoms with van der Waals surface area (Å²) in [6.45, 7) is 2.44. The van der Waals surface area contributed by atoms with Gasteiger partial charge in [0.05, 0.1) is 6.10 Å². The van der Waals surface area contributed by atoms with Gasteiger partial charge >= 0.3 is 0 Å². The van der Waals surface area contributed by atoms with E-state index in [4.69, 9.17) is 0 Å². The number of likely N-dealkylation sites (N-methyl/N-ethyl adjacent to an activating group) is 1. The van der Waals surface area contributed by atoms with E-state index in [1.165, 1.54) is 0 Å². The standard InChI is InChI=1S/C10H14BrNO/c1-8(13)7-12(2)10-5-3-9(11)4-6-10/h3-6,8,13H,7H2,1-2H3. The zero-order valence-electron chi connectivity index (χ0n) is 7.87. The van der Waals surface area contributed by atoms with E-state index in [9.17, 15) is 5.11 Å². The Morgan fingerprint density at radius 2 is 1.92 bits per heavy atom. The normalized spacial score (nSPS) is 12.6. The molecule has 0 aliphatic heterocycles. The molecule has 1 N–H and O–H groups in total. The number of benzene rings is 1. The third kappa shape index (κ3) is 3.36. The first-order chi connectivity index (χ1) is 6.09. The van der Waals surface area contributed by atoms with Gasteiger partial charge in [-0.15, -0.1) is 0 Å². The topological polar surface area (TPSA) is 23.5 Å². The third-order valence-electron chi connectivity index (χ3n) is 1.81. The Hall–Kier alpha value is -0.540. The Balaban J connectivity index is 2.66. The van der Waals surface area contributed by atoms with Crippen LogP contribution < -0.4 is 4.90 Å². The van der Waals surface area contributed by atoms with Crippen LogP contribution in [0.25, 0.3) is 0 Å². The van der Waals surface area contributed by atoms with E-state index in [0.29, 0.717) is 6.54 Å². The van der Waals surface area contributed by atoms with Gasteiger partial charge in [0.25, 0.3) is 0 Å². The number of aliphatic hydroxyl groups excluding tert-OH is 1. The molecule has 2 nitrogen and oxygen atoms in total. The van der Waals surface area contributed by atoms with Gasteiger partial charge in [0.2, 0.25) is 0 Å². The maximum atomic E-state index is 9.19. The summed E-state index contributed by atoms with van der Waals surface area (Å²) in [5.74, 6) is 0. The Bertz CT molecular complexity index is 258. The molecule has 0 aromatic heterocycles. The highest BCUT2D eigenvalue weighted by Crippen LogP contribution is 2.17. The highest BCUT2D eigenvalue weighted by Gasteiger charge is 2.03. The minimum atomic E-state index is -0.298. The molecule has 3 heteroatoms. The highest BCUT2D eigenvalue weighted by atomic mass is 79.9. The predicted molar refractivity (Wildman–Crippen MR) is 59.1 cm³/mol. The van der Waals surface area contributed by atoms with Gasteiger partial charge in [0, 0.05) is 23.8 Å². The van der Waals surface area contributed by atoms with Crippen molar-refractivity contribution in [1.82, 2.24) is 0 Å². The molecule has 1 aromatic carbocycles. The number of anilines is 1. The second kappa shape index (κ2) is 4.63. The van der Waals surface area contributed by atoms with Crippen molar-refractivity contribution >= 4 is 21.6 Å². The minimum Gasteiger partial charge on any atom is -0.392 e. The van der Waals surface area contributed by atoms with E-state index in [-0.39, 0.29) is 6.10 Å². The van der Waals surface area contributed by atoms with E-state index >= 15 is 0 Å². The van der Waals surface area contributed by atoms with Crippen molar-refractivity contribution in [2.75, 3.05) is 18.5 Å². The molecule has 0 bridgehead atoms. The molecule has 0 spiro atoms. The fourth-order valence-corrected chi connectivity index (χ4v) is 1.46. The van der Waals surface area contributed by atoms with Crippen LogP contribution in [0.1, 0.15) is 6.92 Å². The molecular formula is C10H14BrNO. The lowest BCUT2D eigenvalue weighted by molar-refractivity contribution is 0.201. The van der Waals surface area contributed by atoms with Gasteiger partial charge < -0.3 is 10.0 Å². The van der Waals surface area contributed by atoms with Gasteiger partial charge in [0.1, 0.15) is 0 Å². The molecule has 1 unspecified atom stereocenters. The number of hydrogen-bond acceptors (Lipinski definition) is 2. The molecule has 0 radical (unpaired) electrons. The van der Waals surface area contributed by atoms with E-state index in [1.54, 1.807) is 6.92 Å². The molecule has 0 aliphatic rings. The summed E-state index contributed by atoms with van der Waals surface area (Å²) in [7, 11) is 1.97. The van der Waals surface area contributed by atoms with Crippen LogP contribution in [0.2, 0.25) is 0 Å². The molecule has 0 amide bonds. The Kier molecular flexibility index (Phi) is 3.75. The van der Waals surface area contributed by atoms with Gasteiger partial charge in [-0.2, -0.15) is 0 Å². The van der Waals surface area contributed by atoms with Crippen LogP contribution in [-0.2, 0) is 0 Å². The minimum absolute atomic E-state index is 0.298. The zero-order chi connectivity index (χ0) is 9.84. The summed E-state index contributed by atoms with van der Waals surface area (Å²) in [6.07, 6.45) is -0.298. The second-order valence-corrected chi connectivity index (χ2v) is 4.12. The van der Waals surface area contributed by atoms with Crippen molar-refractivity contribution < 1.29 is 5.11 Å². The summed E-state index contributed by atoms with van der Waals surface area (Å²) < 4.78 is 1.07. The van der Waals surface area contributed by atoms with E-state index in [1.807, 2.05) is 36.2 Å². The van der Waals surface area contributed by atoms with Crippen molar-refractivity contribution in [3.05, 3.63) is 28.7 Å². The molecular weight excluding hydrogens is 230 g/mol. The van der Waals surface area contributed by atoms with Gasteiger partial charge in [-0.1, -0.05) is 15.9 Å². The van der Waals surface area contributed by atoms with Crippen molar-refractivity contribution in [3.63, 3.8) is 0 Å². The largest absolute Gasteiger partial charge is 0.392 e. The Labute approximate surface area is 87.3 Å². The molecule has 72 valence electrons. The first kappa shape index (κ1) is 10.5. The van der Waals surface area contributed by atoms with E-state index < -0.39 is 0 Å². The average molecular weight is 244 g/mol.